The molecule has 0 saturated carbocycles. The lowest BCUT2D eigenvalue weighted by molar-refractivity contribution is 0.684. The largest absolute Gasteiger partial charge is 0.309 e. The molecular weight excluding hydrogens is 313 g/mol. The predicted molar refractivity (Wildman–Crippen MR) is 72.1 cm³/mol. The van der Waals surface area contributed by atoms with E-state index in [1.807, 2.05) is 19.4 Å². The van der Waals surface area contributed by atoms with Crippen LogP contribution in [0.25, 0.3) is 0 Å². The predicted octanol–water partition coefficient (Wildman–Crippen LogP) is 2.39. The number of rotatable bonds is 3. The van der Waals surface area contributed by atoms with E-state index in [9.17, 15) is 0 Å². The zero-order chi connectivity index (χ0) is 11.4. The van der Waals surface area contributed by atoms with E-state index in [2.05, 4.69) is 62.1 Å². The number of hydrogen-bond donors (Lipinski definition) is 1. The molecule has 0 saturated heterocycles. The molecule has 1 atom stereocenters. The first kappa shape index (κ1) is 11.5. The molecule has 1 heterocycles. The van der Waals surface area contributed by atoms with Gasteiger partial charge in [-0.1, -0.05) is 12.1 Å². The van der Waals surface area contributed by atoms with Crippen LogP contribution in [0, 0.1) is 3.57 Å². The summed E-state index contributed by atoms with van der Waals surface area (Å²) in [6, 6.07) is 8.60. The smallest absolute Gasteiger partial charge is 0.115 e. The Balaban J connectivity index is 2.33. The summed E-state index contributed by atoms with van der Waals surface area (Å²) in [6.07, 6.45) is 5.22. The molecule has 2 rings (SSSR count). The number of nitrogens with one attached hydrogen (secondary N) is 1. The Hall–Kier alpha value is -1.01. The van der Waals surface area contributed by atoms with Crippen LogP contribution < -0.4 is 5.32 Å². The van der Waals surface area contributed by atoms with E-state index in [1.54, 1.807) is 6.33 Å². The van der Waals surface area contributed by atoms with Gasteiger partial charge in [0.2, 0.25) is 0 Å². The van der Waals surface area contributed by atoms with Gasteiger partial charge >= 0.3 is 0 Å². The summed E-state index contributed by atoms with van der Waals surface area (Å²) in [5.41, 5.74) is 2.30. The van der Waals surface area contributed by atoms with E-state index in [4.69, 9.17) is 0 Å². The van der Waals surface area contributed by atoms with Gasteiger partial charge in [-0.15, -0.1) is 0 Å². The average Bonchev–Trinajstić information content (AvgIpc) is 2.34. The van der Waals surface area contributed by atoms with Crippen LogP contribution in [0.4, 0.5) is 0 Å². The van der Waals surface area contributed by atoms with Crippen LogP contribution in [-0.4, -0.2) is 17.0 Å². The highest BCUT2D eigenvalue weighted by atomic mass is 127. The van der Waals surface area contributed by atoms with E-state index < -0.39 is 0 Å². The minimum absolute atomic E-state index is 0.151. The van der Waals surface area contributed by atoms with Gasteiger partial charge in [0.15, 0.2) is 0 Å². The SMILES string of the molecule is CNC(c1ccc(I)cc1)c1cncnc1. The standard InChI is InChI=1S/C12H12IN3/c1-14-12(10-6-15-8-16-7-10)9-2-4-11(13)5-3-9/h2-8,12,14H,1H3. The number of nitrogens with zero attached hydrogens (tertiary/aromatic N) is 2. The van der Waals surface area contributed by atoms with Crippen molar-refractivity contribution in [3.8, 4) is 0 Å². The van der Waals surface area contributed by atoms with Gasteiger partial charge in [-0.2, -0.15) is 0 Å². The zero-order valence-electron chi connectivity index (χ0n) is 8.89. The Kier molecular flexibility index (Phi) is 3.84. The van der Waals surface area contributed by atoms with Gasteiger partial charge in [-0.05, 0) is 47.3 Å². The topological polar surface area (TPSA) is 37.8 Å². The molecule has 4 heteroatoms. The summed E-state index contributed by atoms with van der Waals surface area (Å²) in [5, 5.41) is 3.27. The minimum Gasteiger partial charge on any atom is -0.309 e. The molecule has 0 aliphatic rings. The highest BCUT2D eigenvalue weighted by Gasteiger charge is 2.11. The fourth-order valence-corrected chi connectivity index (χ4v) is 2.00. The van der Waals surface area contributed by atoms with Crippen LogP contribution in [0.3, 0.4) is 0 Å². The third-order valence-corrected chi connectivity index (χ3v) is 3.13. The van der Waals surface area contributed by atoms with Crippen molar-refractivity contribution in [2.45, 2.75) is 6.04 Å². The first-order valence-electron chi connectivity index (χ1n) is 4.99. The molecule has 2 aromatic rings. The molecule has 0 radical (unpaired) electrons. The van der Waals surface area contributed by atoms with Gasteiger partial charge in [0, 0.05) is 21.5 Å². The van der Waals surface area contributed by atoms with Crippen LogP contribution in [0.1, 0.15) is 17.2 Å². The molecule has 0 fully saturated rings. The van der Waals surface area contributed by atoms with E-state index in [-0.39, 0.29) is 6.04 Å². The van der Waals surface area contributed by atoms with Crippen LogP contribution in [0.5, 0.6) is 0 Å². The lowest BCUT2D eigenvalue weighted by Gasteiger charge is -2.16. The normalized spacial score (nSPS) is 12.4. The average molecular weight is 325 g/mol. The molecule has 0 bridgehead atoms. The number of benzene rings is 1. The number of halogens is 1. The molecule has 1 aromatic heterocycles. The van der Waals surface area contributed by atoms with Crippen molar-refractivity contribution in [1.82, 2.24) is 15.3 Å². The van der Waals surface area contributed by atoms with Crippen molar-refractivity contribution in [2.75, 3.05) is 7.05 Å². The van der Waals surface area contributed by atoms with Gasteiger partial charge in [-0.3, -0.25) is 0 Å². The van der Waals surface area contributed by atoms with Crippen LogP contribution in [0.15, 0.2) is 43.0 Å². The minimum atomic E-state index is 0.151. The molecule has 0 aliphatic heterocycles. The molecular formula is C12H12IN3. The third-order valence-electron chi connectivity index (χ3n) is 2.41. The first-order chi connectivity index (χ1) is 7.81. The third kappa shape index (κ3) is 2.56. The van der Waals surface area contributed by atoms with Crippen LogP contribution in [-0.2, 0) is 0 Å². The van der Waals surface area contributed by atoms with Crippen molar-refractivity contribution in [1.29, 1.82) is 0 Å². The van der Waals surface area contributed by atoms with Crippen molar-refractivity contribution in [3.05, 3.63) is 57.7 Å². The molecule has 0 amide bonds. The quantitative estimate of drug-likeness (QED) is 0.881. The fourth-order valence-electron chi connectivity index (χ4n) is 1.64. The fraction of sp³-hybridized carbons (Fsp3) is 0.167. The first-order valence-corrected chi connectivity index (χ1v) is 6.07. The molecule has 0 spiro atoms. The van der Waals surface area contributed by atoms with Crippen molar-refractivity contribution < 1.29 is 0 Å². The Labute approximate surface area is 108 Å². The molecule has 16 heavy (non-hydrogen) atoms. The number of hydrogen-bond acceptors (Lipinski definition) is 3. The van der Waals surface area contributed by atoms with Gasteiger partial charge in [0.1, 0.15) is 6.33 Å². The van der Waals surface area contributed by atoms with Crippen molar-refractivity contribution in [3.63, 3.8) is 0 Å². The molecule has 0 aliphatic carbocycles. The maximum atomic E-state index is 4.04. The molecule has 1 aromatic carbocycles. The maximum absolute atomic E-state index is 4.04. The van der Waals surface area contributed by atoms with Gasteiger partial charge in [0.25, 0.3) is 0 Å². The highest BCUT2D eigenvalue weighted by Crippen LogP contribution is 2.20. The molecule has 1 unspecified atom stereocenters. The Bertz CT molecular complexity index is 442. The van der Waals surface area contributed by atoms with Crippen molar-refractivity contribution >= 4 is 22.6 Å². The lowest BCUT2D eigenvalue weighted by atomic mass is 10.0. The van der Waals surface area contributed by atoms with Gasteiger partial charge in [0.05, 0.1) is 6.04 Å². The van der Waals surface area contributed by atoms with Crippen molar-refractivity contribution in [2.24, 2.45) is 0 Å². The van der Waals surface area contributed by atoms with Crippen LogP contribution in [0.2, 0.25) is 0 Å². The van der Waals surface area contributed by atoms with Gasteiger partial charge < -0.3 is 5.32 Å². The second-order valence-electron chi connectivity index (χ2n) is 3.45. The lowest BCUT2D eigenvalue weighted by Crippen LogP contribution is -2.17. The van der Waals surface area contributed by atoms with E-state index in [0.717, 1.165) is 5.56 Å². The van der Waals surface area contributed by atoms with E-state index in [1.165, 1.54) is 9.13 Å². The molecule has 82 valence electrons. The van der Waals surface area contributed by atoms with Crippen LogP contribution >= 0.6 is 22.6 Å². The summed E-state index contributed by atoms with van der Waals surface area (Å²) >= 11 is 2.30. The second kappa shape index (κ2) is 5.36. The Morgan fingerprint density at radius 2 is 1.69 bits per heavy atom. The summed E-state index contributed by atoms with van der Waals surface area (Å²) in [5.74, 6) is 0. The summed E-state index contributed by atoms with van der Waals surface area (Å²) in [6.45, 7) is 0. The van der Waals surface area contributed by atoms with E-state index >= 15 is 0 Å². The molecule has 1 N–H and O–H groups in total. The van der Waals surface area contributed by atoms with Gasteiger partial charge in [-0.25, -0.2) is 9.97 Å². The second-order valence-corrected chi connectivity index (χ2v) is 4.69. The number of aromatic nitrogens is 2. The highest BCUT2D eigenvalue weighted by molar-refractivity contribution is 14.1. The zero-order valence-corrected chi connectivity index (χ0v) is 11.0. The molecule has 3 nitrogen and oxygen atoms in total. The Morgan fingerprint density at radius 1 is 1.06 bits per heavy atom. The maximum Gasteiger partial charge on any atom is 0.115 e. The summed E-state index contributed by atoms with van der Waals surface area (Å²) < 4.78 is 1.24. The monoisotopic (exact) mass is 325 g/mol. The summed E-state index contributed by atoms with van der Waals surface area (Å²) in [4.78, 5) is 8.09. The summed E-state index contributed by atoms with van der Waals surface area (Å²) in [7, 11) is 1.94. The Morgan fingerprint density at radius 3 is 2.25 bits per heavy atom. The van der Waals surface area contributed by atoms with E-state index in [0.29, 0.717) is 0 Å².